The Morgan fingerprint density at radius 2 is 0.875 bits per heavy atom. The molecule has 2 heteroatoms. The van der Waals surface area contributed by atoms with E-state index in [4.69, 9.17) is 0 Å². The molecule has 0 unspecified atom stereocenters. The molecule has 0 bridgehead atoms. The fourth-order valence-electron chi connectivity index (χ4n) is 2.26. The van der Waals surface area contributed by atoms with Gasteiger partial charge < -0.3 is 0 Å². The summed E-state index contributed by atoms with van der Waals surface area (Å²) >= 11 is 0. The molecule has 2 radical (unpaired) electrons. The highest BCUT2D eigenvalue weighted by molar-refractivity contribution is 6.74. The Kier molecular flexibility index (Phi) is 6.06. The van der Waals surface area contributed by atoms with Gasteiger partial charge in [-0.3, -0.25) is 0 Å². The standard InChI is InChI=1S/C14H24Si2/c1-5-15(6-2)13-9-11-14(12-10-13)16(7-3)8-4/h9-12H,5-8H2,1-4H3. The van der Waals surface area contributed by atoms with Crippen molar-refractivity contribution in [1.82, 2.24) is 0 Å². The Bertz CT molecular complexity index is 253. The lowest BCUT2D eigenvalue weighted by molar-refractivity contribution is 1.32. The van der Waals surface area contributed by atoms with Crippen LogP contribution in [0.3, 0.4) is 0 Å². The van der Waals surface area contributed by atoms with Gasteiger partial charge in [0, 0.05) is 0 Å². The summed E-state index contributed by atoms with van der Waals surface area (Å²) in [4.78, 5) is 0. The third kappa shape index (κ3) is 3.32. The maximum atomic E-state index is 2.41. The SMILES string of the molecule is CC[Si](CC)c1ccc([Si](CC)CC)cc1. The molecule has 0 N–H and O–H groups in total. The van der Waals surface area contributed by atoms with Crippen molar-refractivity contribution in [2.24, 2.45) is 0 Å². The fraction of sp³-hybridized carbons (Fsp3) is 0.571. The van der Waals surface area contributed by atoms with Crippen LogP contribution in [-0.2, 0) is 0 Å². The first-order valence-electron chi connectivity index (χ1n) is 6.56. The normalized spacial score (nSPS) is 11.4. The van der Waals surface area contributed by atoms with Crippen molar-refractivity contribution in [1.29, 1.82) is 0 Å². The highest BCUT2D eigenvalue weighted by atomic mass is 28.3. The summed E-state index contributed by atoms with van der Waals surface area (Å²) in [5, 5.41) is 3.26. The Labute approximate surface area is 104 Å². The molecule has 0 atom stereocenters. The minimum atomic E-state index is -0.245. The summed E-state index contributed by atoms with van der Waals surface area (Å²) in [6.45, 7) is 9.33. The highest BCUT2D eigenvalue weighted by Gasteiger charge is 2.12. The summed E-state index contributed by atoms with van der Waals surface area (Å²) in [5.41, 5.74) is 0. The third-order valence-electron chi connectivity index (χ3n) is 3.41. The summed E-state index contributed by atoms with van der Waals surface area (Å²) in [6.07, 6.45) is 0. The van der Waals surface area contributed by atoms with Crippen LogP contribution < -0.4 is 10.4 Å². The first-order chi connectivity index (χ1) is 7.76. The lowest BCUT2D eigenvalue weighted by atomic mass is 10.4. The summed E-state index contributed by atoms with van der Waals surface area (Å²) in [5.74, 6) is 0. The second-order valence-electron chi connectivity index (χ2n) is 4.20. The predicted octanol–water partition coefficient (Wildman–Crippen LogP) is 3.17. The van der Waals surface area contributed by atoms with Gasteiger partial charge in [-0.1, -0.05) is 86.5 Å². The topological polar surface area (TPSA) is 0 Å². The van der Waals surface area contributed by atoms with Crippen molar-refractivity contribution in [3.8, 4) is 0 Å². The summed E-state index contributed by atoms with van der Waals surface area (Å²) < 4.78 is 0. The second kappa shape index (κ2) is 7.07. The molecule has 0 aromatic heterocycles. The van der Waals surface area contributed by atoms with Crippen LogP contribution >= 0.6 is 0 Å². The minimum Gasteiger partial charge on any atom is -0.0677 e. The van der Waals surface area contributed by atoms with Crippen LogP contribution in [0.4, 0.5) is 0 Å². The molecule has 0 amide bonds. The number of hydrogen-bond donors (Lipinski definition) is 0. The molecule has 0 aliphatic rings. The van der Waals surface area contributed by atoms with E-state index in [0.717, 1.165) is 0 Å². The van der Waals surface area contributed by atoms with E-state index in [-0.39, 0.29) is 17.6 Å². The zero-order valence-corrected chi connectivity index (χ0v) is 13.1. The lowest BCUT2D eigenvalue weighted by Gasteiger charge is -2.14. The molecule has 0 fully saturated rings. The molecule has 88 valence electrons. The van der Waals surface area contributed by atoms with E-state index in [0.29, 0.717) is 0 Å². The Morgan fingerprint density at radius 3 is 1.06 bits per heavy atom. The zero-order valence-electron chi connectivity index (χ0n) is 11.1. The minimum absolute atomic E-state index is 0.245. The van der Waals surface area contributed by atoms with Gasteiger partial charge in [-0.15, -0.1) is 0 Å². The average molecular weight is 249 g/mol. The Morgan fingerprint density at radius 1 is 0.625 bits per heavy atom. The van der Waals surface area contributed by atoms with Gasteiger partial charge in [0.25, 0.3) is 0 Å². The number of rotatable bonds is 6. The van der Waals surface area contributed by atoms with Gasteiger partial charge in [-0.05, 0) is 0 Å². The molecular weight excluding hydrogens is 224 g/mol. The molecule has 1 aromatic rings. The monoisotopic (exact) mass is 248 g/mol. The highest BCUT2D eigenvalue weighted by Crippen LogP contribution is 2.02. The van der Waals surface area contributed by atoms with Gasteiger partial charge >= 0.3 is 0 Å². The summed E-state index contributed by atoms with van der Waals surface area (Å²) in [7, 11) is -0.489. The fourth-order valence-corrected chi connectivity index (χ4v) is 6.17. The van der Waals surface area contributed by atoms with E-state index in [9.17, 15) is 0 Å². The molecule has 1 aromatic carbocycles. The predicted molar refractivity (Wildman–Crippen MR) is 79.1 cm³/mol. The summed E-state index contributed by atoms with van der Waals surface area (Å²) in [6, 6.07) is 15.1. The molecule has 0 saturated carbocycles. The second-order valence-corrected chi connectivity index (χ2v) is 10.6. The first-order valence-corrected chi connectivity index (χ1v) is 10.4. The first kappa shape index (κ1) is 13.7. The van der Waals surface area contributed by atoms with Crippen molar-refractivity contribution >= 4 is 28.0 Å². The molecule has 16 heavy (non-hydrogen) atoms. The van der Waals surface area contributed by atoms with Crippen LogP contribution in [0.1, 0.15) is 27.7 Å². The molecule has 0 spiro atoms. The van der Waals surface area contributed by atoms with Crippen molar-refractivity contribution in [2.45, 2.75) is 51.9 Å². The largest absolute Gasteiger partial charge is 0.0850 e. The van der Waals surface area contributed by atoms with Crippen molar-refractivity contribution in [2.75, 3.05) is 0 Å². The van der Waals surface area contributed by atoms with E-state index in [1.807, 2.05) is 0 Å². The van der Waals surface area contributed by atoms with Crippen LogP contribution in [0.2, 0.25) is 24.2 Å². The van der Waals surface area contributed by atoms with Gasteiger partial charge in [0.05, 0.1) is 17.6 Å². The molecule has 0 saturated heterocycles. The van der Waals surface area contributed by atoms with Crippen molar-refractivity contribution < 1.29 is 0 Å². The molecule has 0 nitrogen and oxygen atoms in total. The van der Waals surface area contributed by atoms with Gasteiger partial charge in [0.1, 0.15) is 0 Å². The van der Waals surface area contributed by atoms with Crippen LogP contribution in [0.25, 0.3) is 0 Å². The van der Waals surface area contributed by atoms with Gasteiger partial charge in [0.15, 0.2) is 0 Å². The smallest absolute Gasteiger partial charge is 0.0677 e. The molecule has 1 rings (SSSR count). The Balaban J connectivity index is 2.81. The number of hydrogen-bond acceptors (Lipinski definition) is 0. The van der Waals surface area contributed by atoms with Gasteiger partial charge in [-0.2, -0.15) is 0 Å². The maximum Gasteiger partial charge on any atom is 0.0850 e. The van der Waals surface area contributed by atoms with Crippen molar-refractivity contribution in [3.63, 3.8) is 0 Å². The maximum absolute atomic E-state index is 2.41. The van der Waals surface area contributed by atoms with E-state index < -0.39 is 0 Å². The molecular formula is C14H24Si2. The van der Waals surface area contributed by atoms with E-state index >= 15 is 0 Å². The van der Waals surface area contributed by atoms with E-state index in [2.05, 4.69) is 52.0 Å². The molecule has 0 heterocycles. The van der Waals surface area contributed by atoms with Gasteiger partial charge in [0.2, 0.25) is 0 Å². The lowest BCUT2D eigenvalue weighted by Crippen LogP contribution is -2.33. The zero-order chi connectivity index (χ0) is 12.0. The quantitative estimate of drug-likeness (QED) is 0.679. The molecule has 0 aliphatic carbocycles. The van der Waals surface area contributed by atoms with Crippen molar-refractivity contribution in [3.05, 3.63) is 24.3 Å². The van der Waals surface area contributed by atoms with Crippen LogP contribution in [0.5, 0.6) is 0 Å². The van der Waals surface area contributed by atoms with Crippen LogP contribution in [0, 0.1) is 0 Å². The molecule has 0 aliphatic heterocycles. The van der Waals surface area contributed by atoms with E-state index in [1.165, 1.54) is 24.2 Å². The average Bonchev–Trinajstić information content (AvgIpc) is 2.34. The van der Waals surface area contributed by atoms with Crippen LogP contribution in [0.15, 0.2) is 24.3 Å². The Hall–Kier alpha value is -0.346. The van der Waals surface area contributed by atoms with Gasteiger partial charge in [-0.25, -0.2) is 0 Å². The number of benzene rings is 1. The third-order valence-corrected chi connectivity index (χ3v) is 9.12. The van der Waals surface area contributed by atoms with E-state index in [1.54, 1.807) is 10.4 Å². The van der Waals surface area contributed by atoms with Crippen LogP contribution in [-0.4, -0.2) is 17.6 Å².